The minimum Gasteiger partial charge on any atom is -0.369 e. The molecule has 0 aliphatic carbocycles. The number of anilines is 3. The number of piperazine rings is 1. The molecule has 41 heavy (non-hydrogen) atoms. The Balaban J connectivity index is 1.30. The van der Waals surface area contributed by atoms with Gasteiger partial charge < -0.3 is 10.2 Å². The number of hydrogen-bond donors (Lipinski definition) is 1. The quantitative estimate of drug-likeness (QED) is 0.241. The van der Waals surface area contributed by atoms with Gasteiger partial charge in [-0.3, -0.25) is 4.98 Å². The lowest BCUT2D eigenvalue weighted by atomic mass is 10.1. The van der Waals surface area contributed by atoms with Crippen molar-refractivity contribution in [2.24, 2.45) is 0 Å². The molecule has 0 radical (unpaired) electrons. The first kappa shape index (κ1) is 29.0. The first-order chi connectivity index (χ1) is 19.2. The lowest BCUT2D eigenvalue weighted by Gasteiger charge is -2.36. The van der Waals surface area contributed by atoms with Crippen LogP contribution in [0.5, 0.6) is 0 Å². The Hall–Kier alpha value is -3.55. The summed E-state index contributed by atoms with van der Waals surface area (Å²) in [6, 6.07) is 14.4. The van der Waals surface area contributed by atoms with E-state index >= 15 is 0 Å². The second kappa shape index (κ2) is 10.7. The molecule has 14 heteroatoms. The zero-order valence-corrected chi connectivity index (χ0v) is 22.5. The van der Waals surface area contributed by atoms with Crippen LogP contribution < -0.4 is 10.2 Å². The van der Waals surface area contributed by atoms with Gasteiger partial charge in [0.15, 0.2) is 0 Å². The number of aromatic nitrogens is 1. The average Bonchev–Trinajstić information content (AvgIpc) is 2.92. The monoisotopic (exact) mass is 614 g/mol. The van der Waals surface area contributed by atoms with Crippen molar-refractivity contribution >= 4 is 49.6 Å². The summed E-state index contributed by atoms with van der Waals surface area (Å²) in [7, 11) is -3.97. The molecule has 3 aromatic carbocycles. The fourth-order valence-corrected chi connectivity index (χ4v) is 6.14. The molecule has 1 aliphatic heterocycles. The molecule has 2 heterocycles. The van der Waals surface area contributed by atoms with Crippen LogP contribution in [0.3, 0.4) is 0 Å². The Labute approximate surface area is 236 Å². The number of alkyl halides is 6. The van der Waals surface area contributed by atoms with Crippen molar-refractivity contribution in [2.45, 2.75) is 17.2 Å². The molecule has 4 aromatic rings. The van der Waals surface area contributed by atoms with Gasteiger partial charge in [-0.05, 0) is 66.7 Å². The van der Waals surface area contributed by atoms with Crippen molar-refractivity contribution in [1.82, 2.24) is 9.29 Å². The van der Waals surface area contributed by atoms with Crippen LogP contribution in [-0.2, 0) is 22.4 Å². The molecule has 0 spiro atoms. The van der Waals surface area contributed by atoms with E-state index < -0.39 is 33.5 Å². The first-order valence-corrected chi connectivity index (χ1v) is 14.0. The van der Waals surface area contributed by atoms with Gasteiger partial charge in [0, 0.05) is 59.8 Å². The summed E-state index contributed by atoms with van der Waals surface area (Å²) in [6.07, 6.45) is -8.33. The molecule has 1 aromatic heterocycles. The molecule has 0 saturated carbocycles. The van der Waals surface area contributed by atoms with E-state index in [4.69, 9.17) is 11.6 Å². The van der Waals surface area contributed by atoms with E-state index in [2.05, 4.69) is 10.3 Å². The van der Waals surface area contributed by atoms with Crippen LogP contribution in [0.15, 0.2) is 77.8 Å². The van der Waals surface area contributed by atoms with Gasteiger partial charge in [0.25, 0.3) is 0 Å². The maximum absolute atomic E-state index is 13.3. The van der Waals surface area contributed by atoms with Crippen LogP contribution >= 0.6 is 11.6 Å². The summed E-state index contributed by atoms with van der Waals surface area (Å²) in [6.45, 7) is -0.412. The zero-order valence-electron chi connectivity index (χ0n) is 21.0. The second-order valence-corrected chi connectivity index (χ2v) is 11.7. The number of benzene rings is 3. The Bertz CT molecular complexity index is 1660. The van der Waals surface area contributed by atoms with E-state index in [9.17, 15) is 34.8 Å². The van der Waals surface area contributed by atoms with Crippen molar-refractivity contribution < 1.29 is 34.8 Å². The van der Waals surface area contributed by atoms with Gasteiger partial charge in [-0.25, -0.2) is 8.42 Å². The third kappa shape index (κ3) is 6.21. The molecule has 1 N–H and O–H groups in total. The summed E-state index contributed by atoms with van der Waals surface area (Å²) in [5.41, 5.74) is -1.08. The summed E-state index contributed by atoms with van der Waals surface area (Å²) in [5, 5.41) is 4.58. The van der Waals surface area contributed by atoms with Crippen molar-refractivity contribution in [1.29, 1.82) is 0 Å². The van der Waals surface area contributed by atoms with Crippen LogP contribution in [0.25, 0.3) is 10.9 Å². The smallest absolute Gasteiger partial charge is 0.369 e. The van der Waals surface area contributed by atoms with Crippen molar-refractivity contribution in [3.63, 3.8) is 0 Å². The molecule has 5 rings (SSSR count). The molecule has 1 aliphatic rings. The van der Waals surface area contributed by atoms with E-state index in [0.29, 0.717) is 28.4 Å². The van der Waals surface area contributed by atoms with E-state index in [1.165, 1.54) is 17.0 Å². The number of nitrogens with one attached hydrogen (secondary N) is 1. The Morgan fingerprint density at radius 3 is 1.98 bits per heavy atom. The van der Waals surface area contributed by atoms with Crippen molar-refractivity contribution in [2.75, 3.05) is 36.4 Å². The molecule has 0 bridgehead atoms. The van der Waals surface area contributed by atoms with Gasteiger partial charge in [0.05, 0.1) is 21.5 Å². The molecule has 0 atom stereocenters. The Morgan fingerprint density at radius 2 is 1.39 bits per heavy atom. The minimum atomic E-state index is -4.97. The number of nitrogens with zero attached hydrogens (tertiary/aromatic N) is 3. The van der Waals surface area contributed by atoms with Gasteiger partial charge in [-0.15, -0.1) is 0 Å². The Kier molecular flexibility index (Phi) is 7.55. The van der Waals surface area contributed by atoms with Crippen LogP contribution in [0.1, 0.15) is 11.1 Å². The second-order valence-electron chi connectivity index (χ2n) is 9.32. The van der Waals surface area contributed by atoms with Crippen LogP contribution in [0.2, 0.25) is 5.02 Å². The SMILES string of the molecule is O=S(=O)(c1ccc(Nc2ccnc3cc(Cl)ccc23)cc1)N1CCN(c2cc(C(F)(F)F)cc(C(F)(F)F)c2)CC1. The largest absolute Gasteiger partial charge is 0.416 e. The van der Waals surface area contributed by atoms with Crippen LogP contribution in [0.4, 0.5) is 43.4 Å². The highest BCUT2D eigenvalue weighted by atomic mass is 35.5. The van der Waals surface area contributed by atoms with Crippen LogP contribution in [-0.4, -0.2) is 43.9 Å². The van der Waals surface area contributed by atoms with Gasteiger partial charge in [-0.1, -0.05) is 11.6 Å². The fraction of sp³-hybridized carbons (Fsp3) is 0.222. The topological polar surface area (TPSA) is 65.5 Å². The highest BCUT2D eigenvalue weighted by Crippen LogP contribution is 2.39. The number of rotatable bonds is 5. The number of pyridine rings is 1. The molecule has 0 unspecified atom stereocenters. The molecular formula is C27H21ClF6N4O2S. The molecule has 6 nitrogen and oxygen atoms in total. The highest BCUT2D eigenvalue weighted by Gasteiger charge is 2.38. The van der Waals surface area contributed by atoms with Gasteiger partial charge in [-0.2, -0.15) is 30.6 Å². The summed E-state index contributed by atoms with van der Waals surface area (Å²) >= 11 is 6.03. The van der Waals surface area contributed by atoms with E-state index in [1.54, 1.807) is 36.5 Å². The third-order valence-electron chi connectivity index (χ3n) is 6.65. The first-order valence-electron chi connectivity index (χ1n) is 12.2. The van der Waals surface area contributed by atoms with Crippen molar-refractivity contribution in [3.05, 3.63) is 89.1 Å². The normalized spacial score (nSPS) is 15.3. The zero-order chi connectivity index (χ0) is 29.6. The molecule has 0 amide bonds. The number of hydrogen-bond acceptors (Lipinski definition) is 5. The summed E-state index contributed by atoms with van der Waals surface area (Å²) in [4.78, 5) is 5.60. The van der Waals surface area contributed by atoms with Gasteiger partial charge in [0.1, 0.15) is 0 Å². The summed E-state index contributed by atoms with van der Waals surface area (Å²) < 4.78 is 107. The fourth-order valence-electron chi connectivity index (χ4n) is 4.55. The third-order valence-corrected chi connectivity index (χ3v) is 8.80. The number of fused-ring (bicyclic) bond motifs is 1. The maximum atomic E-state index is 13.3. The standard InChI is InChI=1S/C27H21ClF6N4O2S/c28-19-1-6-23-24(7-8-35-25(23)16-19)36-20-2-4-22(5-3-20)41(39,40)38-11-9-37(10-12-38)21-14-17(26(29,30)31)13-18(15-21)27(32,33)34/h1-8,13-16H,9-12H2,(H,35,36). The van der Waals surface area contributed by atoms with Crippen LogP contribution in [0, 0.1) is 0 Å². The van der Waals surface area contributed by atoms with Gasteiger partial charge in [0.2, 0.25) is 10.0 Å². The van der Waals surface area contributed by atoms with E-state index in [0.717, 1.165) is 15.4 Å². The van der Waals surface area contributed by atoms with E-state index in [1.807, 2.05) is 6.07 Å². The average molecular weight is 615 g/mol. The van der Waals surface area contributed by atoms with Gasteiger partial charge >= 0.3 is 12.4 Å². The molecule has 1 saturated heterocycles. The maximum Gasteiger partial charge on any atom is 0.416 e. The lowest BCUT2D eigenvalue weighted by Crippen LogP contribution is -2.48. The predicted octanol–water partition coefficient (Wildman–Crippen LogP) is 7.18. The number of sulfonamides is 1. The Morgan fingerprint density at radius 1 is 0.780 bits per heavy atom. The molecule has 216 valence electrons. The molecule has 1 fully saturated rings. The number of halogens is 7. The van der Waals surface area contributed by atoms with E-state index in [-0.39, 0.29) is 42.8 Å². The highest BCUT2D eigenvalue weighted by molar-refractivity contribution is 7.89. The lowest BCUT2D eigenvalue weighted by molar-refractivity contribution is -0.143. The predicted molar refractivity (Wildman–Crippen MR) is 144 cm³/mol. The molecular weight excluding hydrogens is 594 g/mol. The minimum absolute atomic E-state index is 0.00120. The summed E-state index contributed by atoms with van der Waals surface area (Å²) in [5.74, 6) is 0. The van der Waals surface area contributed by atoms with Crippen molar-refractivity contribution in [3.8, 4) is 0 Å².